The van der Waals surface area contributed by atoms with Crippen LogP contribution in [0.25, 0.3) is 0 Å². The lowest BCUT2D eigenvalue weighted by Gasteiger charge is -2.33. The van der Waals surface area contributed by atoms with E-state index in [1.54, 1.807) is 19.1 Å². The molecular formula is C15H24N2O6S2. The summed E-state index contributed by atoms with van der Waals surface area (Å²) in [5.41, 5.74) is 0.726. The molecule has 0 saturated carbocycles. The fourth-order valence-corrected chi connectivity index (χ4v) is 5.53. The standard InChI is InChI=1S/C15H24N2O6S2/c1-13-12-14(4-5-15(13)23-3)25(20,21)17-8-6-16(7-9-17)24(18,19)11-10-22-2/h4-5,12H,6-11H2,1-3H3. The Balaban J connectivity index is 2.10. The van der Waals surface area contributed by atoms with Gasteiger partial charge >= 0.3 is 0 Å². The van der Waals surface area contributed by atoms with Crippen molar-refractivity contribution in [3.63, 3.8) is 0 Å². The van der Waals surface area contributed by atoms with Gasteiger partial charge in [-0.05, 0) is 30.7 Å². The lowest BCUT2D eigenvalue weighted by atomic mass is 10.2. The van der Waals surface area contributed by atoms with Crippen LogP contribution in [0.2, 0.25) is 0 Å². The lowest BCUT2D eigenvalue weighted by Crippen LogP contribution is -2.51. The molecule has 0 unspecified atom stereocenters. The second-order valence-electron chi connectivity index (χ2n) is 5.74. The SMILES string of the molecule is COCCS(=O)(=O)N1CCN(S(=O)(=O)c2ccc(OC)c(C)c2)CC1. The topological polar surface area (TPSA) is 93.2 Å². The van der Waals surface area contributed by atoms with Gasteiger partial charge in [0.25, 0.3) is 0 Å². The molecule has 1 heterocycles. The van der Waals surface area contributed by atoms with Crippen molar-refractivity contribution in [1.29, 1.82) is 0 Å². The van der Waals surface area contributed by atoms with Crippen molar-refractivity contribution in [2.75, 3.05) is 52.8 Å². The minimum Gasteiger partial charge on any atom is -0.496 e. The van der Waals surface area contributed by atoms with Crippen LogP contribution in [0.4, 0.5) is 0 Å². The van der Waals surface area contributed by atoms with Gasteiger partial charge in [-0.1, -0.05) is 0 Å². The Kier molecular flexibility index (Phi) is 6.44. The zero-order valence-corrected chi connectivity index (χ0v) is 16.3. The largest absolute Gasteiger partial charge is 0.496 e. The number of methoxy groups -OCH3 is 2. The van der Waals surface area contributed by atoms with E-state index in [-0.39, 0.29) is 43.4 Å². The summed E-state index contributed by atoms with van der Waals surface area (Å²) in [6, 6.07) is 4.69. The number of benzene rings is 1. The summed E-state index contributed by atoms with van der Waals surface area (Å²) in [6.07, 6.45) is 0. The number of rotatable bonds is 7. The van der Waals surface area contributed by atoms with Gasteiger partial charge in [-0.15, -0.1) is 0 Å². The van der Waals surface area contributed by atoms with Crippen LogP contribution in [-0.4, -0.2) is 78.2 Å². The first-order chi connectivity index (χ1) is 11.7. The van der Waals surface area contributed by atoms with Crippen LogP contribution in [0.1, 0.15) is 5.56 Å². The third kappa shape index (κ3) is 4.50. The molecule has 1 saturated heterocycles. The maximum atomic E-state index is 12.8. The first-order valence-electron chi connectivity index (χ1n) is 7.84. The molecule has 1 aliphatic rings. The average molecular weight is 392 g/mol. The smallest absolute Gasteiger partial charge is 0.243 e. The van der Waals surface area contributed by atoms with Crippen molar-refractivity contribution in [3.05, 3.63) is 23.8 Å². The molecule has 0 spiro atoms. The fourth-order valence-electron chi connectivity index (χ4n) is 2.67. The van der Waals surface area contributed by atoms with Crippen molar-refractivity contribution in [2.45, 2.75) is 11.8 Å². The molecule has 0 aromatic heterocycles. The van der Waals surface area contributed by atoms with Crippen molar-refractivity contribution in [1.82, 2.24) is 8.61 Å². The van der Waals surface area contributed by atoms with E-state index in [2.05, 4.69) is 0 Å². The highest BCUT2D eigenvalue weighted by Gasteiger charge is 2.32. The maximum absolute atomic E-state index is 12.8. The summed E-state index contributed by atoms with van der Waals surface area (Å²) in [7, 11) is -4.12. The number of sulfonamides is 2. The van der Waals surface area contributed by atoms with Crippen molar-refractivity contribution >= 4 is 20.0 Å². The van der Waals surface area contributed by atoms with E-state index in [9.17, 15) is 16.8 Å². The lowest BCUT2D eigenvalue weighted by molar-refractivity contribution is 0.213. The molecule has 1 aliphatic heterocycles. The molecule has 2 rings (SSSR count). The molecule has 25 heavy (non-hydrogen) atoms. The zero-order chi connectivity index (χ0) is 18.7. The van der Waals surface area contributed by atoms with Crippen molar-refractivity contribution in [3.8, 4) is 5.75 Å². The molecule has 0 N–H and O–H groups in total. The third-order valence-electron chi connectivity index (χ3n) is 4.14. The van der Waals surface area contributed by atoms with Crippen LogP contribution in [0.5, 0.6) is 5.75 Å². The Bertz CT molecular complexity index is 799. The van der Waals surface area contributed by atoms with Crippen LogP contribution in [-0.2, 0) is 24.8 Å². The Labute approximate surface area is 149 Å². The molecule has 0 radical (unpaired) electrons. The monoisotopic (exact) mass is 392 g/mol. The zero-order valence-electron chi connectivity index (χ0n) is 14.6. The molecule has 1 aromatic carbocycles. The molecule has 0 bridgehead atoms. The summed E-state index contributed by atoms with van der Waals surface area (Å²) >= 11 is 0. The maximum Gasteiger partial charge on any atom is 0.243 e. The van der Waals surface area contributed by atoms with E-state index in [0.717, 1.165) is 5.56 Å². The summed E-state index contributed by atoms with van der Waals surface area (Å²) in [5.74, 6) is 0.515. The normalized spacial score (nSPS) is 17.6. The first-order valence-corrected chi connectivity index (χ1v) is 10.9. The highest BCUT2D eigenvalue weighted by molar-refractivity contribution is 7.89. The van der Waals surface area contributed by atoms with Gasteiger partial charge in [-0.3, -0.25) is 0 Å². The molecule has 0 atom stereocenters. The molecule has 0 aliphatic carbocycles. The minimum atomic E-state index is -3.66. The van der Waals surface area contributed by atoms with Gasteiger partial charge in [-0.25, -0.2) is 16.8 Å². The Morgan fingerprint density at radius 1 is 1.00 bits per heavy atom. The van der Waals surface area contributed by atoms with Crippen LogP contribution in [0.3, 0.4) is 0 Å². The molecule has 1 aromatic rings. The predicted octanol–water partition coefficient (Wildman–Crippen LogP) is 0.286. The number of piperazine rings is 1. The summed E-state index contributed by atoms with van der Waals surface area (Å²) in [6.45, 7) is 2.42. The number of aryl methyl sites for hydroxylation is 1. The van der Waals surface area contributed by atoms with Gasteiger partial charge in [0, 0.05) is 33.3 Å². The minimum absolute atomic E-state index is 0.103. The van der Waals surface area contributed by atoms with Crippen LogP contribution < -0.4 is 4.74 Å². The Hall–Kier alpha value is -1.20. The van der Waals surface area contributed by atoms with Crippen LogP contribution in [0.15, 0.2) is 23.1 Å². The second kappa shape index (κ2) is 8.00. The quantitative estimate of drug-likeness (QED) is 0.662. The first kappa shape index (κ1) is 20.1. The fraction of sp³-hybridized carbons (Fsp3) is 0.600. The Morgan fingerprint density at radius 2 is 1.60 bits per heavy atom. The van der Waals surface area contributed by atoms with E-state index >= 15 is 0 Å². The number of hydrogen-bond donors (Lipinski definition) is 0. The van der Waals surface area contributed by atoms with E-state index < -0.39 is 20.0 Å². The third-order valence-corrected chi connectivity index (χ3v) is 7.87. The Morgan fingerprint density at radius 3 is 2.12 bits per heavy atom. The number of ether oxygens (including phenoxy) is 2. The molecule has 8 nitrogen and oxygen atoms in total. The van der Waals surface area contributed by atoms with Crippen molar-refractivity contribution in [2.24, 2.45) is 0 Å². The summed E-state index contributed by atoms with van der Waals surface area (Å²) in [5, 5.41) is 0. The number of nitrogens with zero attached hydrogens (tertiary/aromatic N) is 2. The van der Waals surface area contributed by atoms with Gasteiger partial charge < -0.3 is 9.47 Å². The van der Waals surface area contributed by atoms with Crippen molar-refractivity contribution < 1.29 is 26.3 Å². The van der Waals surface area contributed by atoms with Gasteiger partial charge in [0.1, 0.15) is 5.75 Å². The predicted molar refractivity (Wildman–Crippen MR) is 93.7 cm³/mol. The highest BCUT2D eigenvalue weighted by atomic mass is 32.2. The van der Waals surface area contributed by atoms with Gasteiger partial charge in [0.2, 0.25) is 20.0 Å². The summed E-state index contributed by atoms with van der Waals surface area (Å²) in [4.78, 5) is 0.182. The molecular weight excluding hydrogens is 368 g/mol. The van der Waals surface area contributed by atoms with E-state index in [4.69, 9.17) is 9.47 Å². The van der Waals surface area contributed by atoms with Crippen LogP contribution >= 0.6 is 0 Å². The molecule has 10 heteroatoms. The summed E-state index contributed by atoms with van der Waals surface area (Å²) < 4.78 is 62.4. The van der Waals surface area contributed by atoms with Gasteiger partial charge in [-0.2, -0.15) is 8.61 Å². The highest BCUT2D eigenvalue weighted by Crippen LogP contribution is 2.24. The molecule has 142 valence electrons. The van der Waals surface area contributed by atoms with Gasteiger partial charge in [0.05, 0.1) is 24.4 Å². The van der Waals surface area contributed by atoms with Gasteiger partial charge in [0.15, 0.2) is 0 Å². The van der Waals surface area contributed by atoms with E-state index in [1.807, 2.05) is 0 Å². The molecule has 1 fully saturated rings. The number of hydrogen-bond acceptors (Lipinski definition) is 6. The second-order valence-corrected chi connectivity index (χ2v) is 9.77. The average Bonchev–Trinajstić information content (AvgIpc) is 2.60. The van der Waals surface area contributed by atoms with E-state index in [0.29, 0.717) is 5.75 Å². The molecule has 0 amide bonds. The van der Waals surface area contributed by atoms with Crippen LogP contribution in [0, 0.1) is 6.92 Å². The van der Waals surface area contributed by atoms with E-state index in [1.165, 1.54) is 28.9 Å².